The lowest BCUT2D eigenvalue weighted by molar-refractivity contribution is -0.384. The Balaban J connectivity index is 2.43. The van der Waals surface area contributed by atoms with Crippen LogP contribution in [-0.4, -0.2) is 15.1 Å². The van der Waals surface area contributed by atoms with Crippen LogP contribution in [0.25, 0.3) is 11.4 Å². The molecule has 100 valence electrons. The number of nitro groups is 1. The zero-order chi connectivity index (χ0) is 14.0. The van der Waals surface area contributed by atoms with Crippen molar-refractivity contribution in [2.45, 2.75) is 26.3 Å². The van der Waals surface area contributed by atoms with Crippen LogP contribution in [0.15, 0.2) is 22.7 Å². The minimum absolute atomic E-state index is 0.00765. The molecule has 0 saturated carbocycles. The molecule has 1 aromatic carbocycles. The highest BCUT2D eigenvalue weighted by molar-refractivity contribution is 5.63. The minimum atomic E-state index is -0.457. The van der Waals surface area contributed by atoms with E-state index in [1.54, 1.807) is 6.07 Å². The average Bonchev–Trinajstić information content (AvgIpc) is 2.87. The Labute approximate surface area is 109 Å². The number of non-ortho nitro benzene ring substituents is 1. The summed E-state index contributed by atoms with van der Waals surface area (Å²) in [5, 5.41) is 14.6. The van der Waals surface area contributed by atoms with Crippen molar-refractivity contribution in [3.63, 3.8) is 0 Å². The van der Waals surface area contributed by atoms with Crippen molar-refractivity contribution in [2.75, 3.05) is 0 Å². The maximum absolute atomic E-state index is 10.8. The monoisotopic (exact) mass is 262 g/mol. The van der Waals surface area contributed by atoms with Gasteiger partial charge in [0.15, 0.2) is 0 Å². The average molecular weight is 262 g/mol. The molecular formula is C12H14N4O3. The molecule has 1 aromatic heterocycles. The standard InChI is InChI=1S/C12H14N4O3/c1-3-10(13)12-14-11(15-19-12)9-6-8(16(17)18)5-4-7(9)2/h4-6,10H,3,13H2,1-2H3/t10-/m0/s1. The third-order valence-electron chi connectivity index (χ3n) is 2.87. The van der Waals surface area contributed by atoms with E-state index in [9.17, 15) is 10.1 Å². The SMILES string of the molecule is CC[C@H](N)c1nc(-c2cc([N+](=O)[O-])ccc2C)no1. The lowest BCUT2D eigenvalue weighted by Crippen LogP contribution is -2.08. The molecule has 0 spiro atoms. The second-order valence-corrected chi connectivity index (χ2v) is 4.23. The molecule has 2 rings (SSSR count). The Morgan fingerprint density at radius 1 is 1.53 bits per heavy atom. The van der Waals surface area contributed by atoms with Crippen LogP contribution in [0, 0.1) is 17.0 Å². The fourth-order valence-corrected chi connectivity index (χ4v) is 1.63. The van der Waals surface area contributed by atoms with Crippen molar-refractivity contribution in [1.82, 2.24) is 10.1 Å². The molecule has 0 aliphatic carbocycles. The normalized spacial score (nSPS) is 12.4. The van der Waals surface area contributed by atoms with Gasteiger partial charge < -0.3 is 10.3 Å². The van der Waals surface area contributed by atoms with Gasteiger partial charge in [0.25, 0.3) is 5.69 Å². The molecule has 7 nitrogen and oxygen atoms in total. The van der Waals surface area contributed by atoms with Crippen LogP contribution < -0.4 is 5.73 Å². The fourth-order valence-electron chi connectivity index (χ4n) is 1.63. The molecule has 0 radical (unpaired) electrons. The second kappa shape index (κ2) is 5.15. The number of aromatic nitrogens is 2. The molecule has 7 heteroatoms. The highest BCUT2D eigenvalue weighted by atomic mass is 16.6. The topological polar surface area (TPSA) is 108 Å². The van der Waals surface area contributed by atoms with Gasteiger partial charge in [-0.15, -0.1) is 0 Å². The molecule has 2 N–H and O–H groups in total. The lowest BCUT2D eigenvalue weighted by atomic mass is 10.1. The first-order valence-electron chi connectivity index (χ1n) is 5.87. The van der Waals surface area contributed by atoms with Crippen LogP contribution in [-0.2, 0) is 0 Å². The van der Waals surface area contributed by atoms with Crippen LogP contribution in [0.1, 0.15) is 30.8 Å². The molecule has 19 heavy (non-hydrogen) atoms. The van der Waals surface area contributed by atoms with Gasteiger partial charge in [-0.2, -0.15) is 4.98 Å². The summed E-state index contributed by atoms with van der Waals surface area (Å²) in [6, 6.07) is 4.21. The number of nitro benzene ring substituents is 1. The highest BCUT2D eigenvalue weighted by Crippen LogP contribution is 2.26. The van der Waals surface area contributed by atoms with Gasteiger partial charge in [-0.3, -0.25) is 10.1 Å². The molecule has 1 atom stereocenters. The first-order valence-corrected chi connectivity index (χ1v) is 5.87. The van der Waals surface area contributed by atoms with Crippen LogP contribution in [0.5, 0.6) is 0 Å². The van der Waals surface area contributed by atoms with E-state index in [4.69, 9.17) is 10.3 Å². The van der Waals surface area contributed by atoms with Crippen molar-refractivity contribution in [3.05, 3.63) is 39.8 Å². The minimum Gasteiger partial charge on any atom is -0.337 e. The number of rotatable bonds is 4. The third-order valence-corrected chi connectivity index (χ3v) is 2.87. The Bertz CT molecular complexity index is 609. The van der Waals surface area contributed by atoms with Crippen LogP contribution in [0.3, 0.4) is 0 Å². The Morgan fingerprint density at radius 3 is 2.89 bits per heavy atom. The summed E-state index contributed by atoms with van der Waals surface area (Å²) in [4.78, 5) is 14.5. The summed E-state index contributed by atoms with van der Waals surface area (Å²) in [5.41, 5.74) is 7.20. The van der Waals surface area contributed by atoms with Crippen LogP contribution >= 0.6 is 0 Å². The molecule has 0 bridgehead atoms. The number of hydrogen-bond donors (Lipinski definition) is 1. The smallest absolute Gasteiger partial charge is 0.270 e. The number of benzene rings is 1. The third kappa shape index (κ3) is 2.60. The second-order valence-electron chi connectivity index (χ2n) is 4.23. The number of nitrogens with zero attached hydrogens (tertiary/aromatic N) is 3. The summed E-state index contributed by atoms with van der Waals surface area (Å²) >= 11 is 0. The molecule has 0 aliphatic heterocycles. The maximum Gasteiger partial charge on any atom is 0.270 e. The number of nitrogens with two attached hydrogens (primary N) is 1. The number of hydrogen-bond acceptors (Lipinski definition) is 6. The Morgan fingerprint density at radius 2 is 2.26 bits per heavy atom. The largest absolute Gasteiger partial charge is 0.337 e. The Hall–Kier alpha value is -2.28. The predicted molar refractivity (Wildman–Crippen MR) is 68.3 cm³/mol. The molecule has 0 saturated heterocycles. The van der Waals surface area contributed by atoms with Gasteiger partial charge >= 0.3 is 0 Å². The summed E-state index contributed by atoms with van der Waals surface area (Å²) in [5.74, 6) is 0.656. The highest BCUT2D eigenvalue weighted by Gasteiger charge is 2.17. The molecule has 0 aliphatic rings. The van der Waals surface area contributed by atoms with E-state index in [-0.39, 0.29) is 11.7 Å². The summed E-state index contributed by atoms with van der Waals surface area (Å²) < 4.78 is 5.07. The lowest BCUT2D eigenvalue weighted by Gasteiger charge is -2.01. The summed E-state index contributed by atoms with van der Waals surface area (Å²) in [6.07, 6.45) is 0.676. The molecule has 0 amide bonds. The molecule has 2 aromatic rings. The zero-order valence-electron chi connectivity index (χ0n) is 10.7. The van der Waals surface area contributed by atoms with E-state index in [1.807, 2.05) is 13.8 Å². The van der Waals surface area contributed by atoms with E-state index in [1.165, 1.54) is 12.1 Å². The van der Waals surface area contributed by atoms with Gasteiger partial charge in [0, 0.05) is 17.7 Å². The van der Waals surface area contributed by atoms with Gasteiger partial charge in [-0.05, 0) is 18.9 Å². The summed E-state index contributed by atoms with van der Waals surface area (Å²) in [7, 11) is 0. The first-order chi connectivity index (χ1) is 9.02. The van der Waals surface area contributed by atoms with Crippen molar-refractivity contribution in [2.24, 2.45) is 5.73 Å². The van der Waals surface area contributed by atoms with Crippen molar-refractivity contribution in [3.8, 4) is 11.4 Å². The molecular weight excluding hydrogens is 248 g/mol. The number of aryl methyl sites for hydroxylation is 1. The van der Waals surface area contributed by atoms with E-state index in [2.05, 4.69) is 10.1 Å². The predicted octanol–water partition coefficient (Wildman–Crippen LogP) is 2.36. The quantitative estimate of drug-likeness (QED) is 0.669. The van der Waals surface area contributed by atoms with E-state index < -0.39 is 4.92 Å². The van der Waals surface area contributed by atoms with Gasteiger partial charge in [0.2, 0.25) is 11.7 Å². The van der Waals surface area contributed by atoms with Gasteiger partial charge in [0.1, 0.15) is 0 Å². The fraction of sp³-hybridized carbons (Fsp3) is 0.333. The zero-order valence-corrected chi connectivity index (χ0v) is 10.7. The summed E-state index contributed by atoms with van der Waals surface area (Å²) in [6.45, 7) is 3.74. The van der Waals surface area contributed by atoms with E-state index in [0.29, 0.717) is 23.7 Å². The molecule has 0 fully saturated rings. The molecule has 1 heterocycles. The Kier molecular flexibility index (Phi) is 3.57. The van der Waals surface area contributed by atoms with Crippen LogP contribution in [0.4, 0.5) is 5.69 Å². The van der Waals surface area contributed by atoms with Gasteiger partial charge in [-0.25, -0.2) is 0 Å². The van der Waals surface area contributed by atoms with Crippen molar-refractivity contribution >= 4 is 5.69 Å². The van der Waals surface area contributed by atoms with Crippen molar-refractivity contribution in [1.29, 1.82) is 0 Å². The van der Waals surface area contributed by atoms with Gasteiger partial charge in [-0.1, -0.05) is 18.1 Å². The van der Waals surface area contributed by atoms with E-state index >= 15 is 0 Å². The van der Waals surface area contributed by atoms with Crippen LogP contribution in [0.2, 0.25) is 0 Å². The van der Waals surface area contributed by atoms with Crippen molar-refractivity contribution < 1.29 is 9.45 Å². The molecule has 0 unspecified atom stereocenters. The first kappa shape index (κ1) is 13.2. The van der Waals surface area contributed by atoms with Gasteiger partial charge in [0.05, 0.1) is 11.0 Å². The van der Waals surface area contributed by atoms with E-state index in [0.717, 1.165) is 5.56 Å². The maximum atomic E-state index is 10.8.